The molecule has 0 spiro atoms. The summed E-state index contributed by atoms with van der Waals surface area (Å²) in [5.41, 5.74) is 2.44. The Morgan fingerprint density at radius 3 is 2.63 bits per heavy atom. The number of carbonyl (C=O) groups excluding carboxylic acids is 1. The lowest BCUT2D eigenvalue weighted by molar-refractivity contribution is -0.142. The van der Waals surface area contributed by atoms with Gasteiger partial charge in [0.25, 0.3) is 5.91 Å². The zero-order chi connectivity index (χ0) is 25.2. The molecule has 7 nitrogen and oxygen atoms in total. The zero-order valence-corrected chi connectivity index (χ0v) is 20.4. The van der Waals surface area contributed by atoms with Gasteiger partial charge in [-0.1, -0.05) is 24.3 Å². The summed E-state index contributed by atoms with van der Waals surface area (Å²) < 4.78 is 12.0. The number of aliphatic carboxylic acids is 1. The first-order valence-electron chi connectivity index (χ1n) is 11.5. The normalized spacial score (nSPS) is 15.1. The fourth-order valence-corrected chi connectivity index (χ4v) is 4.06. The number of nitrogens with one attached hydrogen (secondary N) is 1. The average Bonchev–Trinajstić information content (AvgIpc) is 2.83. The molecular weight excluding hydrogens is 444 g/mol. The maximum absolute atomic E-state index is 12.9. The first-order chi connectivity index (χ1) is 16.6. The predicted octanol–water partition coefficient (Wildman–Crippen LogP) is 4.89. The van der Waals surface area contributed by atoms with E-state index < -0.39 is 11.4 Å². The molecule has 0 fully saturated rings. The van der Waals surface area contributed by atoms with Gasteiger partial charge in [0.05, 0.1) is 17.6 Å². The van der Waals surface area contributed by atoms with E-state index in [1.165, 1.54) is 0 Å². The van der Waals surface area contributed by atoms with E-state index in [2.05, 4.69) is 10.2 Å². The summed E-state index contributed by atoms with van der Waals surface area (Å²) in [7, 11) is 2.03. The number of carboxylic acids is 1. The number of ether oxygens (including phenoxy) is 2. The second kappa shape index (κ2) is 9.70. The molecule has 0 aliphatic carbocycles. The van der Waals surface area contributed by atoms with Gasteiger partial charge in [-0.15, -0.1) is 0 Å². The molecule has 35 heavy (non-hydrogen) atoms. The molecule has 1 aliphatic rings. The maximum Gasteiger partial charge on any atom is 0.313 e. The van der Waals surface area contributed by atoms with Crippen LogP contribution >= 0.6 is 0 Å². The van der Waals surface area contributed by atoms with Gasteiger partial charge in [0.1, 0.15) is 24.2 Å². The number of nitrogens with zero attached hydrogens (tertiary/aromatic N) is 1. The molecule has 0 saturated heterocycles. The number of aryl methyl sites for hydroxylation is 1. The van der Waals surface area contributed by atoms with Gasteiger partial charge >= 0.3 is 5.97 Å². The Labute approximate surface area is 205 Å². The van der Waals surface area contributed by atoms with Crippen LogP contribution in [0.25, 0.3) is 0 Å². The van der Waals surface area contributed by atoms with Crippen LogP contribution in [-0.2, 0) is 10.2 Å². The molecule has 1 heterocycles. The lowest BCUT2D eigenvalue weighted by atomic mass is 9.84. The Bertz CT molecular complexity index is 1250. The molecule has 4 rings (SSSR count). The van der Waals surface area contributed by atoms with Crippen molar-refractivity contribution in [1.29, 1.82) is 0 Å². The first-order valence-corrected chi connectivity index (χ1v) is 11.5. The number of hydrogen-bond donors (Lipinski definition) is 2. The lowest BCUT2D eigenvalue weighted by Gasteiger charge is -2.33. The second-order valence-electron chi connectivity index (χ2n) is 9.34. The molecule has 0 saturated carbocycles. The summed E-state index contributed by atoms with van der Waals surface area (Å²) in [6.45, 7) is 6.22. The number of fused-ring (bicyclic) bond motifs is 1. The van der Waals surface area contributed by atoms with Crippen LogP contribution in [-0.4, -0.2) is 43.3 Å². The van der Waals surface area contributed by atoms with Gasteiger partial charge in [-0.2, -0.15) is 0 Å². The van der Waals surface area contributed by atoms with E-state index in [1.807, 2.05) is 44.3 Å². The van der Waals surface area contributed by atoms with Gasteiger partial charge in [0.2, 0.25) is 0 Å². The van der Waals surface area contributed by atoms with Gasteiger partial charge < -0.3 is 24.8 Å². The molecule has 7 heteroatoms. The number of anilines is 2. The SMILES string of the molecule is Cc1cc(OC[C@@H]2CN(C)c3ccccc3O2)ccc1C(=O)Nc1cccc(C(C)(C)C(=O)O)c1. The highest BCUT2D eigenvalue weighted by atomic mass is 16.5. The molecule has 0 aromatic heterocycles. The Hall–Kier alpha value is -4.00. The quantitative estimate of drug-likeness (QED) is 0.507. The predicted molar refractivity (Wildman–Crippen MR) is 136 cm³/mol. The third-order valence-electron chi connectivity index (χ3n) is 6.30. The Kier molecular flexibility index (Phi) is 6.69. The molecule has 1 amide bonds. The van der Waals surface area contributed by atoms with Crippen LogP contribution in [0, 0.1) is 6.92 Å². The molecule has 1 aliphatic heterocycles. The van der Waals surface area contributed by atoms with E-state index in [0.29, 0.717) is 35.7 Å². The third-order valence-corrected chi connectivity index (χ3v) is 6.30. The number of amides is 1. The standard InChI is InChI=1S/C28H30N2O5/c1-18-14-21(34-17-22-16-30(4)24-10-5-6-11-25(24)35-22)12-13-23(18)26(31)29-20-9-7-8-19(15-20)28(2,3)27(32)33/h5-15,22H,16-17H2,1-4H3,(H,29,31)(H,32,33)/t22-/m0/s1. The highest BCUT2D eigenvalue weighted by molar-refractivity contribution is 6.05. The van der Waals surface area contributed by atoms with Crippen LogP contribution in [0.4, 0.5) is 11.4 Å². The first kappa shape index (κ1) is 24.1. The number of hydrogen-bond acceptors (Lipinski definition) is 5. The van der Waals surface area contributed by atoms with E-state index in [4.69, 9.17) is 9.47 Å². The van der Waals surface area contributed by atoms with Crippen molar-refractivity contribution >= 4 is 23.3 Å². The highest BCUT2D eigenvalue weighted by Crippen LogP contribution is 2.32. The monoisotopic (exact) mass is 474 g/mol. The van der Waals surface area contributed by atoms with Crippen molar-refractivity contribution in [3.05, 3.63) is 83.4 Å². The summed E-state index contributed by atoms with van der Waals surface area (Å²) in [5, 5.41) is 12.4. The van der Waals surface area contributed by atoms with Crippen LogP contribution in [0.5, 0.6) is 11.5 Å². The van der Waals surface area contributed by atoms with Crippen LogP contribution < -0.4 is 19.7 Å². The van der Waals surface area contributed by atoms with E-state index in [0.717, 1.165) is 17.0 Å². The van der Waals surface area contributed by atoms with Crippen LogP contribution in [0.1, 0.15) is 35.3 Å². The van der Waals surface area contributed by atoms with Crippen LogP contribution in [0.15, 0.2) is 66.7 Å². The number of benzene rings is 3. The van der Waals surface area contributed by atoms with Gasteiger partial charge in [-0.05, 0) is 74.4 Å². The van der Waals surface area contributed by atoms with Gasteiger partial charge in [-0.25, -0.2) is 0 Å². The minimum atomic E-state index is -1.06. The fraction of sp³-hybridized carbons (Fsp3) is 0.286. The number of carbonyl (C=O) groups is 2. The van der Waals surface area contributed by atoms with Crippen molar-refractivity contribution in [3.63, 3.8) is 0 Å². The number of likely N-dealkylation sites (N-methyl/N-ethyl adjacent to an activating group) is 1. The van der Waals surface area contributed by atoms with Gasteiger partial charge in [0, 0.05) is 18.3 Å². The maximum atomic E-state index is 12.9. The van der Waals surface area contributed by atoms with E-state index >= 15 is 0 Å². The highest BCUT2D eigenvalue weighted by Gasteiger charge is 2.29. The fourth-order valence-electron chi connectivity index (χ4n) is 4.06. The number of carboxylic acid groups (broad SMARTS) is 1. The van der Waals surface area contributed by atoms with Gasteiger partial charge in [-0.3, -0.25) is 9.59 Å². The minimum Gasteiger partial charge on any atom is -0.490 e. The Balaban J connectivity index is 1.40. The zero-order valence-electron chi connectivity index (χ0n) is 20.4. The van der Waals surface area contributed by atoms with Crippen molar-refractivity contribution in [1.82, 2.24) is 0 Å². The van der Waals surface area contributed by atoms with Crippen molar-refractivity contribution < 1.29 is 24.2 Å². The Morgan fingerprint density at radius 1 is 1.11 bits per heavy atom. The third kappa shape index (κ3) is 5.24. The smallest absolute Gasteiger partial charge is 0.313 e. The van der Waals surface area contributed by atoms with Crippen LogP contribution in [0.3, 0.4) is 0 Å². The molecule has 0 unspecified atom stereocenters. The summed E-state index contributed by atoms with van der Waals surface area (Å²) in [6.07, 6.45) is -0.111. The summed E-state index contributed by atoms with van der Waals surface area (Å²) in [6, 6.07) is 20.2. The number of para-hydroxylation sites is 2. The summed E-state index contributed by atoms with van der Waals surface area (Å²) in [4.78, 5) is 26.6. The molecule has 182 valence electrons. The summed E-state index contributed by atoms with van der Waals surface area (Å²) in [5.74, 6) is 0.304. The molecular formula is C28H30N2O5. The molecule has 2 N–H and O–H groups in total. The van der Waals surface area contributed by atoms with Crippen molar-refractivity contribution in [3.8, 4) is 11.5 Å². The average molecular weight is 475 g/mol. The lowest BCUT2D eigenvalue weighted by Crippen LogP contribution is -2.41. The summed E-state index contributed by atoms with van der Waals surface area (Å²) >= 11 is 0. The molecule has 1 atom stereocenters. The topological polar surface area (TPSA) is 88.1 Å². The van der Waals surface area contributed by atoms with Crippen molar-refractivity contribution in [2.45, 2.75) is 32.3 Å². The van der Waals surface area contributed by atoms with Crippen molar-refractivity contribution in [2.24, 2.45) is 0 Å². The van der Waals surface area contributed by atoms with Gasteiger partial charge in [0.15, 0.2) is 0 Å². The van der Waals surface area contributed by atoms with E-state index in [1.54, 1.807) is 50.2 Å². The molecule has 3 aromatic rings. The van der Waals surface area contributed by atoms with Crippen molar-refractivity contribution in [2.75, 3.05) is 30.4 Å². The largest absolute Gasteiger partial charge is 0.490 e. The molecule has 0 radical (unpaired) electrons. The molecule has 0 bridgehead atoms. The van der Waals surface area contributed by atoms with Crippen LogP contribution in [0.2, 0.25) is 0 Å². The minimum absolute atomic E-state index is 0.111. The van der Waals surface area contributed by atoms with E-state index in [9.17, 15) is 14.7 Å². The molecule has 3 aromatic carbocycles. The second-order valence-corrected chi connectivity index (χ2v) is 9.34. The van der Waals surface area contributed by atoms with E-state index in [-0.39, 0.29) is 12.0 Å². The number of rotatable bonds is 7. The Morgan fingerprint density at radius 2 is 1.89 bits per heavy atom.